The van der Waals surface area contributed by atoms with E-state index in [-0.39, 0.29) is 11.7 Å². The van der Waals surface area contributed by atoms with Crippen LogP contribution in [0.5, 0.6) is 0 Å². The van der Waals surface area contributed by atoms with Gasteiger partial charge in [-0.25, -0.2) is 19.2 Å². The number of thiophene rings is 1. The largest absolute Gasteiger partial charge is 0.352 e. The Morgan fingerprint density at radius 2 is 2.00 bits per heavy atom. The summed E-state index contributed by atoms with van der Waals surface area (Å²) in [5.41, 5.74) is 1.65. The molecule has 0 unspecified atom stereocenters. The quantitative estimate of drug-likeness (QED) is 0.510. The fraction of sp³-hybridized carbons (Fsp3) is 0.500. The van der Waals surface area contributed by atoms with E-state index in [2.05, 4.69) is 31.0 Å². The zero-order chi connectivity index (χ0) is 23.8. The summed E-state index contributed by atoms with van der Waals surface area (Å²) in [7, 11) is 0. The molecule has 1 aliphatic carbocycles. The van der Waals surface area contributed by atoms with Crippen molar-refractivity contribution in [2.45, 2.75) is 52.4 Å². The number of benzene rings is 1. The molecule has 2 atom stereocenters. The number of carbonyl (C=O) groups excluding carboxylic acids is 1. The number of piperazine rings is 1. The van der Waals surface area contributed by atoms with Crippen molar-refractivity contribution in [1.82, 2.24) is 14.9 Å². The van der Waals surface area contributed by atoms with Gasteiger partial charge < -0.3 is 15.1 Å². The Kier molecular flexibility index (Phi) is 6.42. The van der Waals surface area contributed by atoms with Crippen LogP contribution in [0.1, 0.15) is 55.8 Å². The molecule has 8 heteroatoms. The van der Waals surface area contributed by atoms with Crippen LogP contribution in [0, 0.1) is 11.7 Å². The molecule has 0 radical (unpaired) electrons. The number of halogens is 1. The molecule has 2 amide bonds. The van der Waals surface area contributed by atoms with Gasteiger partial charge in [0.2, 0.25) is 0 Å². The van der Waals surface area contributed by atoms with Crippen LogP contribution < -0.4 is 10.2 Å². The number of hydrogen-bond donors (Lipinski definition) is 1. The summed E-state index contributed by atoms with van der Waals surface area (Å²) < 4.78 is 14.0. The van der Waals surface area contributed by atoms with Crippen LogP contribution in [0.15, 0.2) is 24.3 Å². The van der Waals surface area contributed by atoms with Gasteiger partial charge in [0.25, 0.3) is 0 Å². The topological polar surface area (TPSA) is 61.4 Å². The zero-order valence-corrected chi connectivity index (χ0v) is 20.9. The van der Waals surface area contributed by atoms with Crippen LogP contribution in [0.3, 0.4) is 0 Å². The fourth-order valence-corrected chi connectivity index (χ4v) is 6.23. The van der Waals surface area contributed by atoms with Gasteiger partial charge in [-0.1, -0.05) is 32.9 Å². The summed E-state index contributed by atoms with van der Waals surface area (Å²) in [6.07, 6.45) is 4.41. The molecule has 3 heterocycles. The molecule has 3 aromatic rings. The van der Waals surface area contributed by atoms with E-state index in [1.807, 2.05) is 11.3 Å². The van der Waals surface area contributed by atoms with Crippen molar-refractivity contribution < 1.29 is 9.18 Å². The van der Waals surface area contributed by atoms with E-state index in [9.17, 15) is 9.18 Å². The second kappa shape index (κ2) is 9.49. The molecule has 1 aliphatic heterocycles. The molecule has 6 nitrogen and oxygen atoms in total. The zero-order valence-electron chi connectivity index (χ0n) is 20.1. The highest BCUT2D eigenvalue weighted by molar-refractivity contribution is 7.19. The number of urea groups is 1. The number of hydrogen-bond acceptors (Lipinski definition) is 5. The molecule has 34 heavy (non-hydrogen) atoms. The van der Waals surface area contributed by atoms with Gasteiger partial charge in [0.05, 0.1) is 11.1 Å². The second-order valence-electron chi connectivity index (χ2n) is 9.63. The maximum Gasteiger partial charge on any atom is 0.322 e. The summed E-state index contributed by atoms with van der Waals surface area (Å²) in [5, 5.41) is 3.93. The minimum absolute atomic E-state index is 0.213. The number of aromatic nitrogens is 2. The Morgan fingerprint density at radius 1 is 1.24 bits per heavy atom. The third kappa shape index (κ3) is 4.35. The van der Waals surface area contributed by atoms with Crippen LogP contribution in [-0.2, 0) is 12.8 Å². The van der Waals surface area contributed by atoms with Crippen molar-refractivity contribution in [3.05, 3.63) is 46.3 Å². The number of para-hydroxylation sites is 1. The monoisotopic (exact) mass is 481 g/mol. The molecule has 0 spiro atoms. The molecular weight excluding hydrogens is 449 g/mol. The molecule has 1 saturated heterocycles. The Labute approximate surface area is 204 Å². The average molecular weight is 482 g/mol. The Bertz CT molecular complexity index is 1200. The number of aryl methyl sites for hydroxylation is 1. The standard InChI is InChI=1S/C26H32FN5OS/c1-4-17(3)23-29-24(22-18-10-9-16(2)15-21(18)34-25(22)30-23)31-11-13-32(14-12-31)26(33)28-20-8-6-5-7-19(20)27/h5-8,16-17H,4,9-15H2,1-3H3,(H,28,33)/t16-,17+/m0/s1. The maximum absolute atomic E-state index is 14.0. The van der Waals surface area contributed by atoms with E-state index >= 15 is 0 Å². The first-order chi connectivity index (χ1) is 16.4. The van der Waals surface area contributed by atoms with Crippen LogP contribution in [0.2, 0.25) is 0 Å². The van der Waals surface area contributed by atoms with Crippen molar-refractivity contribution in [3.63, 3.8) is 0 Å². The molecular formula is C26H32FN5OS. The molecule has 0 saturated carbocycles. The summed E-state index contributed by atoms with van der Waals surface area (Å²) in [5.74, 6) is 2.53. The van der Waals surface area contributed by atoms with Crippen LogP contribution in [0.4, 0.5) is 20.7 Å². The number of nitrogens with one attached hydrogen (secondary N) is 1. The predicted molar refractivity (Wildman–Crippen MR) is 137 cm³/mol. The third-order valence-corrected chi connectivity index (χ3v) is 8.34. The summed E-state index contributed by atoms with van der Waals surface area (Å²) in [4.78, 5) is 29.5. The van der Waals surface area contributed by atoms with E-state index in [0.717, 1.165) is 35.7 Å². The highest BCUT2D eigenvalue weighted by Gasteiger charge is 2.29. The lowest BCUT2D eigenvalue weighted by Crippen LogP contribution is -2.50. The number of anilines is 2. The van der Waals surface area contributed by atoms with Crippen molar-refractivity contribution in [1.29, 1.82) is 0 Å². The van der Waals surface area contributed by atoms with Crippen molar-refractivity contribution >= 4 is 39.1 Å². The molecule has 5 rings (SSSR count). The summed E-state index contributed by atoms with van der Waals surface area (Å²) >= 11 is 1.84. The normalized spacial score (nSPS) is 19.2. The number of carbonyl (C=O) groups is 1. The fourth-order valence-electron chi connectivity index (χ4n) is 4.85. The van der Waals surface area contributed by atoms with Crippen molar-refractivity contribution in [2.75, 3.05) is 36.4 Å². The Hall–Kier alpha value is -2.74. The minimum Gasteiger partial charge on any atom is -0.352 e. The highest BCUT2D eigenvalue weighted by Crippen LogP contribution is 2.42. The maximum atomic E-state index is 14.0. The molecule has 2 aliphatic rings. The molecule has 1 aromatic carbocycles. The van der Waals surface area contributed by atoms with Crippen LogP contribution >= 0.6 is 11.3 Å². The van der Waals surface area contributed by atoms with Gasteiger partial charge in [-0.05, 0) is 49.3 Å². The smallest absolute Gasteiger partial charge is 0.322 e. The molecule has 1 fully saturated rings. The number of nitrogens with zero attached hydrogens (tertiary/aromatic N) is 4. The highest BCUT2D eigenvalue weighted by atomic mass is 32.1. The summed E-state index contributed by atoms with van der Waals surface area (Å²) in [6.45, 7) is 9.20. The molecule has 1 N–H and O–H groups in total. The molecule has 0 bridgehead atoms. The van der Waals surface area contributed by atoms with Gasteiger partial charge >= 0.3 is 6.03 Å². The predicted octanol–water partition coefficient (Wildman–Crippen LogP) is 5.82. The van der Waals surface area contributed by atoms with E-state index in [1.165, 1.54) is 28.3 Å². The summed E-state index contributed by atoms with van der Waals surface area (Å²) in [6, 6.07) is 6.00. The molecule has 180 valence electrons. The average Bonchev–Trinajstić information content (AvgIpc) is 3.21. The van der Waals surface area contributed by atoms with Gasteiger partial charge in [0.1, 0.15) is 22.3 Å². The lowest BCUT2D eigenvalue weighted by molar-refractivity contribution is 0.208. The van der Waals surface area contributed by atoms with Crippen molar-refractivity contribution in [3.8, 4) is 0 Å². The lowest BCUT2D eigenvalue weighted by Gasteiger charge is -2.36. The second-order valence-corrected chi connectivity index (χ2v) is 10.7. The van der Waals surface area contributed by atoms with E-state index < -0.39 is 5.82 Å². The van der Waals surface area contributed by atoms with Crippen molar-refractivity contribution in [2.24, 2.45) is 5.92 Å². The first kappa shape index (κ1) is 23.0. The molecule has 2 aromatic heterocycles. The number of amides is 2. The number of rotatable bonds is 4. The van der Waals surface area contributed by atoms with Gasteiger partial charge in [0.15, 0.2) is 0 Å². The van der Waals surface area contributed by atoms with E-state index in [4.69, 9.17) is 9.97 Å². The van der Waals surface area contributed by atoms with Crippen LogP contribution in [-0.4, -0.2) is 47.1 Å². The first-order valence-electron chi connectivity index (χ1n) is 12.3. The minimum atomic E-state index is -0.424. The van der Waals surface area contributed by atoms with E-state index in [0.29, 0.717) is 38.0 Å². The van der Waals surface area contributed by atoms with Gasteiger partial charge in [-0.3, -0.25) is 0 Å². The van der Waals surface area contributed by atoms with Gasteiger partial charge in [-0.15, -0.1) is 11.3 Å². The Morgan fingerprint density at radius 3 is 2.74 bits per heavy atom. The Balaban J connectivity index is 1.40. The van der Waals surface area contributed by atoms with Gasteiger partial charge in [-0.2, -0.15) is 0 Å². The first-order valence-corrected chi connectivity index (χ1v) is 13.1. The third-order valence-electron chi connectivity index (χ3n) is 7.19. The SMILES string of the molecule is CC[C@@H](C)c1nc(N2CCN(C(=O)Nc3ccccc3F)CC2)c2c3c(sc2n1)C[C@@H](C)CC3. The van der Waals surface area contributed by atoms with Gasteiger partial charge in [0, 0.05) is 37.0 Å². The van der Waals surface area contributed by atoms with Crippen LogP contribution in [0.25, 0.3) is 10.2 Å². The van der Waals surface area contributed by atoms with E-state index in [1.54, 1.807) is 23.1 Å². The lowest BCUT2D eigenvalue weighted by atomic mass is 9.89. The number of fused-ring (bicyclic) bond motifs is 3.